The van der Waals surface area contributed by atoms with Crippen LogP contribution in [-0.4, -0.2) is 30.8 Å². The number of thiophene rings is 2. The molecule has 24 heavy (non-hydrogen) atoms. The summed E-state index contributed by atoms with van der Waals surface area (Å²) in [4.78, 5) is 14.2. The molecule has 0 aliphatic heterocycles. The minimum atomic E-state index is -0.371. The molecule has 1 aliphatic carbocycles. The van der Waals surface area contributed by atoms with Gasteiger partial charge in [0.1, 0.15) is 6.10 Å². The Morgan fingerprint density at radius 2 is 2.17 bits per heavy atom. The third-order valence-electron chi connectivity index (χ3n) is 4.66. The Balaban J connectivity index is 1.68. The van der Waals surface area contributed by atoms with E-state index in [1.807, 2.05) is 28.3 Å². The van der Waals surface area contributed by atoms with Crippen LogP contribution in [0.5, 0.6) is 0 Å². The molecule has 2 heterocycles. The van der Waals surface area contributed by atoms with Crippen LogP contribution >= 0.6 is 22.7 Å². The van der Waals surface area contributed by atoms with Crippen molar-refractivity contribution in [1.29, 1.82) is 0 Å². The molecule has 2 aromatic rings. The first kappa shape index (κ1) is 17.6. The lowest BCUT2D eigenvalue weighted by Gasteiger charge is -2.28. The molecule has 1 fully saturated rings. The van der Waals surface area contributed by atoms with Gasteiger partial charge in [0.05, 0.1) is 18.6 Å². The lowest BCUT2D eigenvalue weighted by Crippen LogP contribution is -2.43. The molecule has 0 spiro atoms. The SMILES string of the molecule is O=C(NC[C@H](OCCO)c1ccsc1)C1(c2cccs2)CCCC1. The fourth-order valence-corrected chi connectivity index (χ4v) is 5.08. The van der Waals surface area contributed by atoms with Gasteiger partial charge < -0.3 is 15.2 Å². The van der Waals surface area contributed by atoms with Crippen molar-refractivity contribution in [2.24, 2.45) is 0 Å². The molecule has 2 aromatic heterocycles. The van der Waals surface area contributed by atoms with Crippen LogP contribution in [0.4, 0.5) is 0 Å². The molecule has 1 amide bonds. The summed E-state index contributed by atoms with van der Waals surface area (Å²) in [6.45, 7) is 0.683. The molecule has 4 nitrogen and oxygen atoms in total. The summed E-state index contributed by atoms with van der Waals surface area (Å²) in [6, 6.07) is 6.10. The molecule has 0 aromatic carbocycles. The molecule has 0 radical (unpaired) electrons. The fraction of sp³-hybridized carbons (Fsp3) is 0.500. The topological polar surface area (TPSA) is 58.6 Å². The van der Waals surface area contributed by atoms with Crippen molar-refractivity contribution < 1.29 is 14.6 Å². The second kappa shape index (κ2) is 8.25. The maximum atomic E-state index is 13.0. The summed E-state index contributed by atoms with van der Waals surface area (Å²) >= 11 is 3.27. The van der Waals surface area contributed by atoms with Gasteiger partial charge in [0.25, 0.3) is 0 Å². The van der Waals surface area contributed by atoms with E-state index in [0.29, 0.717) is 6.54 Å². The average molecular weight is 366 g/mol. The smallest absolute Gasteiger partial charge is 0.231 e. The van der Waals surface area contributed by atoms with Gasteiger partial charge in [-0.25, -0.2) is 0 Å². The number of ether oxygens (including phenoxy) is 1. The van der Waals surface area contributed by atoms with Gasteiger partial charge in [-0.15, -0.1) is 11.3 Å². The second-order valence-corrected chi connectivity index (χ2v) is 7.84. The van der Waals surface area contributed by atoms with Gasteiger partial charge in [-0.1, -0.05) is 18.9 Å². The minimum absolute atomic E-state index is 0.0201. The zero-order valence-electron chi connectivity index (χ0n) is 13.6. The predicted molar refractivity (Wildman–Crippen MR) is 97.6 cm³/mol. The monoisotopic (exact) mass is 365 g/mol. The Morgan fingerprint density at radius 1 is 1.33 bits per heavy atom. The summed E-state index contributed by atoms with van der Waals surface area (Å²) in [5.74, 6) is 0.107. The van der Waals surface area contributed by atoms with Gasteiger partial charge in [-0.2, -0.15) is 11.3 Å². The van der Waals surface area contributed by atoms with Crippen LogP contribution in [-0.2, 0) is 14.9 Å². The van der Waals surface area contributed by atoms with Gasteiger partial charge in [0.2, 0.25) is 5.91 Å². The van der Waals surface area contributed by atoms with Crippen LogP contribution in [0.15, 0.2) is 34.3 Å². The Bertz CT molecular complexity index is 619. The minimum Gasteiger partial charge on any atom is -0.394 e. The van der Waals surface area contributed by atoms with Crippen molar-refractivity contribution in [3.8, 4) is 0 Å². The molecule has 1 saturated carbocycles. The molecular formula is C18H23NO3S2. The van der Waals surface area contributed by atoms with Gasteiger partial charge in [-0.05, 0) is 46.7 Å². The fourth-order valence-electron chi connectivity index (χ4n) is 3.40. The number of hydrogen-bond donors (Lipinski definition) is 2. The number of nitrogens with one attached hydrogen (secondary N) is 1. The molecule has 1 atom stereocenters. The lowest BCUT2D eigenvalue weighted by molar-refractivity contribution is -0.127. The van der Waals surface area contributed by atoms with Crippen LogP contribution in [0, 0.1) is 0 Å². The van der Waals surface area contributed by atoms with E-state index >= 15 is 0 Å². The lowest BCUT2D eigenvalue weighted by atomic mass is 9.83. The van der Waals surface area contributed by atoms with Crippen molar-refractivity contribution in [2.75, 3.05) is 19.8 Å². The number of carbonyl (C=O) groups is 1. The van der Waals surface area contributed by atoms with Crippen LogP contribution in [0.1, 0.15) is 42.2 Å². The summed E-state index contributed by atoms with van der Waals surface area (Å²) in [5.41, 5.74) is 0.676. The molecule has 1 aliphatic rings. The summed E-state index contributed by atoms with van der Waals surface area (Å²) in [5, 5.41) is 18.2. The predicted octanol–water partition coefficient (Wildman–Crippen LogP) is 3.49. The summed E-state index contributed by atoms with van der Waals surface area (Å²) in [6.07, 6.45) is 3.81. The average Bonchev–Trinajstić information content (AvgIpc) is 3.35. The number of hydrogen-bond acceptors (Lipinski definition) is 5. The van der Waals surface area contributed by atoms with Gasteiger partial charge in [0.15, 0.2) is 0 Å². The van der Waals surface area contributed by atoms with Gasteiger partial charge >= 0.3 is 0 Å². The maximum Gasteiger partial charge on any atom is 0.231 e. The van der Waals surface area contributed by atoms with E-state index in [4.69, 9.17) is 9.84 Å². The molecule has 2 N–H and O–H groups in total. The number of rotatable bonds is 8. The standard InChI is InChI=1S/C18H23NO3S2/c20-8-9-22-15(14-5-11-23-13-14)12-19-17(21)18(6-1-2-7-18)16-4-3-10-24-16/h3-5,10-11,13,15,20H,1-2,6-9,12H2,(H,19,21)/t15-/m0/s1. The van der Waals surface area contributed by atoms with Crippen LogP contribution in [0.3, 0.4) is 0 Å². The van der Waals surface area contributed by atoms with E-state index in [9.17, 15) is 4.79 Å². The van der Waals surface area contributed by atoms with Crippen molar-refractivity contribution in [1.82, 2.24) is 5.32 Å². The highest BCUT2D eigenvalue weighted by molar-refractivity contribution is 7.10. The Hall–Kier alpha value is -1.21. The Kier molecular flexibility index (Phi) is 6.05. The van der Waals surface area contributed by atoms with Crippen LogP contribution in [0.2, 0.25) is 0 Å². The largest absolute Gasteiger partial charge is 0.394 e. The molecule has 0 bridgehead atoms. The van der Waals surface area contributed by atoms with Crippen molar-refractivity contribution >= 4 is 28.6 Å². The third kappa shape index (κ3) is 3.72. The zero-order valence-corrected chi connectivity index (χ0v) is 15.2. The number of amides is 1. The molecular weight excluding hydrogens is 342 g/mol. The number of aliphatic hydroxyl groups is 1. The molecule has 130 valence electrons. The van der Waals surface area contributed by atoms with Crippen molar-refractivity contribution in [3.05, 3.63) is 44.8 Å². The zero-order chi connectivity index (χ0) is 16.8. The highest BCUT2D eigenvalue weighted by Gasteiger charge is 2.43. The first-order valence-electron chi connectivity index (χ1n) is 8.33. The van der Waals surface area contributed by atoms with Crippen LogP contribution in [0.25, 0.3) is 0 Å². The Morgan fingerprint density at radius 3 is 2.79 bits per heavy atom. The normalized spacial score (nSPS) is 17.7. The number of carbonyl (C=O) groups excluding carboxylic acids is 1. The van der Waals surface area contributed by atoms with E-state index in [0.717, 1.165) is 31.2 Å². The maximum absolute atomic E-state index is 13.0. The van der Waals surface area contributed by atoms with Gasteiger partial charge in [0, 0.05) is 11.4 Å². The van der Waals surface area contributed by atoms with Crippen molar-refractivity contribution in [2.45, 2.75) is 37.2 Å². The van der Waals surface area contributed by atoms with E-state index < -0.39 is 0 Å². The molecule has 0 unspecified atom stereocenters. The van der Waals surface area contributed by atoms with E-state index in [1.165, 1.54) is 4.88 Å². The number of aliphatic hydroxyl groups excluding tert-OH is 1. The quantitative estimate of drug-likeness (QED) is 0.753. The second-order valence-electron chi connectivity index (χ2n) is 6.12. The summed E-state index contributed by atoms with van der Waals surface area (Å²) in [7, 11) is 0. The van der Waals surface area contributed by atoms with E-state index in [2.05, 4.69) is 11.4 Å². The summed E-state index contributed by atoms with van der Waals surface area (Å²) < 4.78 is 5.72. The highest BCUT2D eigenvalue weighted by atomic mass is 32.1. The van der Waals surface area contributed by atoms with Crippen LogP contribution < -0.4 is 5.32 Å². The van der Waals surface area contributed by atoms with Gasteiger partial charge in [-0.3, -0.25) is 4.79 Å². The van der Waals surface area contributed by atoms with E-state index in [1.54, 1.807) is 22.7 Å². The molecule has 0 saturated heterocycles. The third-order valence-corrected chi connectivity index (χ3v) is 6.43. The molecule has 6 heteroatoms. The molecule has 3 rings (SSSR count). The highest BCUT2D eigenvalue weighted by Crippen LogP contribution is 2.43. The van der Waals surface area contributed by atoms with E-state index in [-0.39, 0.29) is 30.6 Å². The Labute approximate surface area is 150 Å². The first-order valence-corrected chi connectivity index (χ1v) is 10.2. The van der Waals surface area contributed by atoms with Crippen molar-refractivity contribution in [3.63, 3.8) is 0 Å². The first-order chi connectivity index (χ1) is 11.8.